The number of alkyl halides is 1. The minimum atomic E-state index is 0.705. The molecule has 0 aliphatic carbocycles. The first-order chi connectivity index (χ1) is 4.35. The Kier molecular flexibility index (Phi) is 6.18. The number of unbranched alkanes of at least 4 members (excludes halogenated alkanes) is 1. The van der Waals surface area contributed by atoms with Crippen molar-refractivity contribution >= 4 is 11.6 Å². The van der Waals surface area contributed by atoms with E-state index in [1.807, 2.05) is 0 Å². The topological polar surface area (TPSA) is 0 Å². The lowest BCUT2D eigenvalue weighted by atomic mass is 10.2. The molecule has 0 saturated carbocycles. The van der Waals surface area contributed by atoms with Crippen molar-refractivity contribution in [3.05, 3.63) is 11.6 Å². The van der Waals surface area contributed by atoms with Gasteiger partial charge in [0.1, 0.15) is 0 Å². The van der Waals surface area contributed by atoms with Crippen LogP contribution in [0.2, 0.25) is 0 Å². The van der Waals surface area contributed by atoms with Crippen molar-refractivity contribution in [2.75, 3.05) is 5.88 Å². The molecule has 0 nitrogen and oxygen atoms in total. The summed E-state index contributed by atoms with van der Waals surface area (Å²) in [5.74, 6) is 0.705. The zero-order valence-electron chi connectivity index (χ0n) is 6.28. The third-order valence-electron chi connectivity index (χ3n) is 1.35. The fraction of sp³-hybridized carbons (Fsp3) is 0.750. The molecule has 0 aromatic heterocycles. The van der Waals surface area contributed by atoms with Gasteiger partial charge < -0.3 is 0 Å². The van der Waals surface area contributed by atoms with Gasteiger partial charge in [-0.25, -0.2) is 0 Å². The van der Waals surface area contributed by atoms with Crippen molar-refractivity contribution in [3.8, 4) is 0 Å². The summed E-state index contributed by atoms with van der Waals surface area (Å²) in [6.07, 6.45) is 5.74. The Morgan fingerprint density at radius 3 is 2.44 bits per heavy atom. The predicted molar refractivity (Wildman–Crippen MR) is 44.0 cm³/mol. The number of hydrogen-bond donors (Lipinski definition) is 0. The molecule has 0 amide bonds. The Labute approximate surface area is 62.9 Å². The molecule has 0 aliphatic heterocycles. The standard InChI is InChI=1S/C8H15Cl/c1-3-5-6-8(4-2)7-9/h6H,3-5,7H2,1-2H3/b8-6+. The summed E-state index contributed by atoms with van der Waals surface area (Å²) < 4.78 is 0. The van der Waals surface area contributed by atoms with Crippen LogP contribution in [-0.4, -0.2) is 5.88 Å². The summed E-state index contributed by atoms with van der Waals surface area (Å²) in [7, 11) is 0. The molecule has 9 heavy (non-hydrogen) atoms. The Bertz CT molecular complexity index is 78.6. The molecule has 0 unspecified atom stereocenters. The lowest BCUT2D eigenvalue weighted by molar-refractivity contribution is 0.935. The normalized spacial score (nSPS) is 12.1. The van der Waals surface area contributed by atoms with Crippen LogP contribution in [-0.2, 0) is 0 Å². The Morgan fingerprint density at radius 1 is 1.44 bits per heavy atom. The van der Waals surface area contributed by atoms with Gasteiger partial charge >= 0.3 is 0 Å². The molecule has 0 saturated heterocycles. The van der Waals surface area contributed by atoms with Crippen LogP contribution in [0, 0.1) is 0 Å². The van der Waals surface area contributed by atoms with Gasteiger partial charge in [-0.05, 0) is 12.8 Å². The molecular formula is C8H15Cl. The first-order valence-electron chi connectivity index (χ1n) is 3.59. The van der Waals surface area contributed by atoms with Crippen LogP contribution >= 0.6 is 11.6 Å². The van der Waals surface area contributed by atoms with Gasteiger partial charge in [0.15, 0.2) is 0 Å². The highest BCUT2D eigenvalue weighted by Crippen LogP contribution is 2.04. The van der Waals surface area contributed by atoms with Crippen molar-refractivity contribution in [1.29, 1.82) is 0 Å². The number of halogens is 1. The molecule has 0 fully saturated rings. The fourth-order valence-corrected chi connectivity index (χ4v) is 0.940. The fourth-order valence-electron chi connectivity index (χ4n) is 0.642. The zero-order valence-corrected chi connectivity index (χ0v) is 7.04. The minimum Gasteiger partial charge on any atom is -0.122 e. The van der Waals surface area contributed by atoms with Crippen LogP contribution in [0.15, 0.2) is 11.6 Å². The average Bonchev–Trinajstić information content (AvgIpc) is 1.91. The Hall–Kier alpha value is 0.0300. The maximum absolute atomic E-state index is 5.64. The summed E-state index contributed by atoms with van der Waals surface area (Å²) in [6.45, 7) is 4.32. The summed E-state index contributed by atoms with van der Waals surface area (Å²) in [6, 6.07) is 0. The van der Waals surface area contributed by atoms with Crippen LogP contribution < -0.4 is 0 Å². The molecule has 0 N–H and O–H groups in total. The van der Waals surface area contributed by atoms with Crippen LogP contribution in [0.3, 0.4) is 0 Å². The highest BCUT2D eigenvalue weighted by molar-refractivity contribution is 6.19. The molecular weight excluding hydrogens is 132 g/mol. The van der Waals surface area contributed by atoms with Gasteiger partial charge in [-0.1, -0.05) is 31.9 Å². The van der Waals surface area contributed by atoms with Crippen LogP contribution in [0.4, 0.5) is 0 Å². The first-order valence-corrected chi connectivity index (χ1v) is 4.12. The third-order valence-corrected chi connectivity index (χ3v) is 1.69. The second-order valence-corrected chi connectivity index (χ2v) is 2.41. The molecule has 1 heteroatoms. The molecule has 0 radical (unpaired) electrons. The molecule has 0 aromatic carbocycles. The van der Waals surface area contributed by atoms with Crippen LogP contribution in [0.1, 0.15) is 33.1 Å². The van der Waals surface area contributed by atoms with E-state index in [4.69, 9.17) is 11.6 Å². The van der Waals surface area contributed by atoms with E-state index < -0.39 is 0 Å². The van der Waals surface area contributed by atoms with Gasteiger partial charge in [0.25, 0.3) is 0 Å². The second-order valence-electron chi connectivity index (χ2n) is 2.14. The molecule has 0 spiro atoms. The third kappa shape index (κ3) is 4.53. The quantitative estimate of drug-likeness (QED) is 0.422. The van der Waals surface area contributed by atoms with Gasteiger partial charge in [-0.3, -0.25) is 0 Å². The lowest BCUT2D eigenvalue weighted by Crippen LogP contribution is -1.80. The van der Waals surface area contributed by atoms with Gasteiger partial charge in [-0.15, -0.1) is 11.6 Å². The van der Waals surface area contributed by atoms with E-state index >= 15 is 0 Å². The van der Waals surface area contributed by atoms with Crippen molar-refractivity contribution in [1.82, 2.24) is 0 Å². The smallest absolute Gasteiger partial charge is 0.0433 e. The Morgan fingerprint density at radius 2 is 2.11 bits per heavy atom. The molecule has 0 rings (SSSR count). The molecule has 0 bridgehead atoms. The lowest BCUT2D eigenvalue weighted by Gasteiger charge is -1.95. The van der Waals surface area contributed by atoms with E-state index in [9.17, 15) is 0 Å². The van der Waals surface area contributed by atoms with E-state index in [2.05, 4.69) is 19.9 Å². The van der Waals surface area contributed by atoms with E-state index in [0.717, 1.165) is 6.42 Å². The van der Waals surface area contributed by atoms with Crippen molar-refractivity contribution in [2.24, 2.45) is 0 Å². The van der Waals surface area contributed by atoms with E-state index in [-0.39, 0.29) is 0 Å². The van der Waals surface area contributed by atoms with E-state index in [1.54, 1.807) is 0 Å². The van der Waals surface area contributed by atoms with Crippen LogP contribution in [0.25, 0.3) is 0 Å². The molecule has 0 heterocycles. The molecule has 0 atom stereocenters. The molecule has 0 aliphatic rings. The Balaban J connectivity index is 3.48. The highest BCUT2D eigenvalue weighted by Gasteiger charge is 1.87. The average molecular weight is 147 g/mol. The predicted octanol–water partition coefficient (Wildman–Crippen LogP) is 3.36. The number of allylic oxidation sites excluding steroid dienone is 2. The van der Waals surface area contributed by atoms with E-state index in [0.29, 0.717) is 5.88 Å². The first kappa shape index (κ1) is 9.03. The number of hydrogen-bond acceptors (Lipinski definition) is 0. The van der Waals surface area contributed by atoms with Gasteiger partial charge in [0.2, 0.25) is 0 Å². The maximum atomic E-state index is 5.64. The SMILES string of the molecule is CCC/C=C(\CC)CCl. The van der Waals surface area contributed by atoms with Crippen molar-refractivity contribution in [3.63, 3.8) is 0 Å². The zero-order chi connectivity index (χ0) is 7.11. The number of rotatable bonds is 4. The summed E-state index contributed by atoms with van der Waals surface area (Å²) in [5.41, 5.74) is 1.37. The minimum absolute atomic E-state index is 0.705. The van der Waals surface area contributed by atoms with Gasteiger partial charge in [-0.2, -0.15) is 0 Å². The molecule has 0 aromatic rings. The summed E-state index contributed by atoms with van der Waals surface area (Å²) in [5, 5.41) is 0. The van der Waals surface area contributed by atoms with Gasteiger partial charge in [0.05, 0.1) is 0 Å². The van der Waals surface area contributed by atoms with Gasteiger partial charge in [0, 0.05) is 5.88 Å². The summed E-state index contributed by atoms with van der Waals surface area (Å²) >= 11 is 5.64. The monoisotopic (exact) mass is 146 g/mol. The van der Waals surface area contributed by atoms with Crippen LogP contribution in [0.5, 0.6) is 0 Å². The van der Waals surface area contributed by atoms with Crippen molar-refractivity contribution in [2.45, 2.75) is 33.1 Å². The highest BCUT2D eigenvalue weighted by atomic mass is 35.5. The van der Waals surface area contributed by atoms with E-state index in [1.165, 1.54) is 18.4 Å². The molecule has 54 valence electrons. The maximum Gasteiger partial charge on any atom is 0.0433 e. The summed E-state index contributed by atoms with van der Waals surface area (Å²) in [4.78, 5) is 0. The second kappa shape index (κ2) is 6.15. The largest absolute Gasteiger partial charge is 0.122 e. The van der Waals surface area contributed by atoms with Crippen molar-refractivity contribution < 1.29 is 0 Å².